The number of aryl methyl sites for hydroxylation is 2. The lowest BCUT2D eigenvalue weighted by Crippen LogP contribution is -2.03. The second kappa shape index (κ2) is 7.67. The van der Waals surface area contributed by atoms with E-state index in [0.29, 0.717) is 26.9 Å². The van der Waals surface area contributed by atoms with Crippen LogP contribution in [0.25, 0.3) is 11.0 Å². The average molecular weight is 411 g/mol. The Morgan fingerprint density at radius 3 is 2.38 bits per heavy atom. The zero-order valence-corrected chi connectivity index (χ0v) is 17.6. The van der Waals surface area contributed by atoms with E-state index in [0.717, 1.165) is 35.1 Å². The SMILES string of the molecule is CCC(CC)c1ccc(Cl)c2nc(Nc3c(C)cc(Cl)cc3Cl)n(C)c12. The topological polar surface area (TPSA) is 29.9 Å². The molecule has 0 bridgehead atoms. The number of benzene rings is 2. The molecule has 0 amide bonds. The summed E-state index contributed by atoms with van der Waals surface area (Å²) >= 11 is 18.9. The largest absolute Gasteiger partial charge is 0.324 e. The van der Waals surface area contributed by atoms with Crippen molar-refractivity contribution in [1.82, 2.24) is 9.55 Å². The van der Waals surface area contributed by atoms with E-state index in [1.165, 1.54) is 5.56 Å². The molecule has 3 rings (SSSR count). The van der Waals surface area contributed by atoms with Crippen molar-refractivity contribution in [3.05, 3.63) is 50.5 Å². The van der Waals surface area contributed by atoms with Crippen LogP contribution >= 0.6 is 34.8 Å². The normalized spacial score (nSPS) is 11.5. The van der Waals surface area contributed by atoms with Gasteiger partial charge in [-0.1, -0.05) is 54.7 Å². The lowest BCUT2D eigenvalue weighted by atomic mass is 9.93. The van der Waals surface area contributed by atoms with Crippen molar-refractivity contribution in [3.63, 3.8) is 0 Å². The summed E-state index contributed by atoms with van der Waals surface area (Å²) in [6.45, 7) is 6.38. The van der Waals surface area contributed by atoms with Crippen molar-refractivity contribution in [2.45, 2.75) is 39.5 Å². The predicted octanol–water partition coefficient (Wildman–Crippen LogP) is 7.49. The van der Waals surface area contributed by atoms with Crippen molar-refractivity contribution in [2.24, 2.45) is 7.05 Å². The van der Waals surface area contributed by atoms with Crippen molar-refractivity contribution in [3.8, 4) is 0 Å². The zero-order valence-electron chi connectivity index (χ0n) is 15.3. The molecule has 6 heteroatoms. The molecule has 138 valence electrons. The van der Waals surface area contributed by atoms with E-state index >= 15 is 0 Å². The fourth-order valence-electron chi connectivity index (χ4n) is 3.46. The van der Waals surface area contributed by atoms with Gasteiger partial charge in [0, 0.05) is 12.1 Å². The molecule has 1 N–H and O–H groups in total. The van der Waals surface area contributed by atoms with Gasteiger partial charge in [0.05, 0.1) is 21.2 Å². The molecule has 0 radical (unpaired) electrons. The van der Waals surface area contributed by atoms with Gasteiger partial charge in [-0.05, 0) is 55.0 Å². The third-order valence-electron chi connectivity index (χ3n) is 4.92. The van der Waals surface area contributed by atoms with Gasteiger partial charge in [-0.2, -0.15) is 0 Å². The van der Waals surface area contributed by atoms with Gasteiger partial charge >= 0.3 is 0 Å². The van der Waals surface area contributed by atoms with E-state index in [4.69, 9.17) is 39.8 Å². The number of nitrogens with zero attached hydrogens (tertiary/aromatic N) is 2. The third kappa shape index (κ3) is 3.40. The molecular formula is C20H22Cl3N3. The fourth-order valence-corrected chi connectivity index (χ4v) is 4.30. The first-order chi connectivity index (χ1) is 12.4. The van der Waals surface area contributed by atoms with Crippen LogP contribution in [-0.2, 0) is 7.05 Å². The predicted molar refractivity (Wildman–Crippen MR) is 114 cm³/mol. The lowest BCUT2D eigenvalue weighted by molar-refractivity contribution is 0.643. The maximum absolute atomic E-state index is 6.44. The van der Waals surface area contributed by atoms with Crippen LogP contribution < -0.4 is 5.32 Å². The lowest BCUT2D eigenvalue weighted by Gasteiger charge is -2.16. The van der Waals surface area contributed by atoms with Crippen LogP contribution in [-0.4, -0.2) is 9.55 Å². The number of anilines is 2. The second-order valence-corrected chi connectivity index (χ2v) is 7.80. The molecule has 1 heterocycles. The van der Waals surface area contributed by atoms with Gasteiger partial charge in [0.25, 0.3) is 0 Å². The summed E-state index contributed by atoms with van der Waals surface area (Å²) in [5.74, 6) is 1.17. The molecular weight excluding hydrogens is 389 g/mol. The van der Waals surface area contributed by atoms with Crippen molar-refractivity contribution in [1.29, 1.82) is 0 Å². The number of aromatic nitrogens is 2. The van der Waals surface area contributed by atoms with Gasteiger partial charge in [-0.25, -0.2) is 4.98 Å². The quantitative estimate of drug-likeness (QED) is 0.472. The molecule has 0 aliphatic heterocycles. The molecule has 0 unspecified atom stereocenters. The van der Waals surface area contributed by atoms with E-state index in [1.807, 2.05) is 26.1 Å². The summed E-state index contributed by atoms with van der Waals surface area (Å²) in [5.41, 5.74) is 4.91. The highest BCUT2D eigenvalue weighted by Crippen LogP contribution is 2.37. The van der Waals surface area contributed by atoms with Crippen LogP contribution in [0.3, 0.4) is 0 Å². The standard InChI is InChI=1S/C20H22Cl3N3/c1-5-12(6-2)14-7-8-15(22)18-19(14)26(4)20(25-18)24-17-11(3)9-13(21)10-16(17)23/h7-10,12H,5-6H2,1-4H3,(H,24,25). The molecule has 0 saturated carbocycles. The van der Waals surface area contributed by atoms with Crippen LogP contribution in [0.4, 0.5) is 11.6 Å². The van der Waals surface area contributed by atoms with Gasteiger partial charge in [0.1, 0.15) is 5.52 Å². The van der Waals surface area contributed by atoms with Crippen LogP contribution in [0, 0.1) is 6.92 Å². The van der Waals surface area contributed by atoms with E-state index in [2.05, 4.69) is 29.8 Å². The summed E-state index contributed by atoms with van der Waals surface area (Å²) in [6.07, 6.45) is 2.15. The first kappa shape index (κ1) is 19.3. The summed E-state index contributed by atoms with van der Waals surface area (Å²) < 4.78 is 2.05. The number of rotatable bonds is 5. The van der Waals surface area contributed by atoms with Crippen molar-refractivity contribution in [2.75, 3.05) is 5.32 Å². The number of hydrogen-bond acceptors (Lipinski definition) is 2. The van der Waals surface area contributed by atoms with E-state index in [1.54, 1.807) is 6.07 Å². The Morgan fingerprint density at radius 2 is 1.77 bits per heavy atom. The molecule has 3 nitrogen and oxygen atoms in total. The van der Waals surface area contributed by atoms with Gasteiger partial charge < -0.3 is 9.88 Å². The van der Waals surface area contributed by atoms with Crippen LogP contribution in [0.1, 0.15) is 43.7 Å². The first-order valence-electron chi connectivity index (χ1n) is 8.74. The molecule has 0 aliphatic carbocycles. The number of imidazole rings is 1. The summed E-state index contributed by atoms with van der Waals surface area (Å²) in [4.78, 5) is 4.75. The van der Waals surface area contributed by atoms with Gasteiger partial charge in [-0.3, -0.25) is 0 Å². The number of hydrogen-bond donors (Lipinski definition) is 1. The maximum Gasteiger partial charge on any atom is 0.208 e. The molecule has 1 aromatic heterocycles. The molecule has 0 saturated heterocycles. The zero-order chi connectivity index (χ0) is 19.0. The van der Waals surface area contributed by atoms with Crippen LogP contribution in [0.5, 0.6) is 0 Å². The number of halogens is 3. The molecule has 26 heavy (non-hydrogen) atoms. The second-order valence-electron chi connectivity index (χ2n) is 6.55. The highest BCUT2D eigenvalue weighted by molar-refractivity contribution is 6.37. The third-order valence-corrected chi connectivity index (χ3v) is 5.74. The molecule has 2 aromatic carbocycles. The van der Waals surface area contributed by atoms with Gasteiger partial charge in [-0.15, -0.1) is 0 Å². The average Bonchev–Trinajstić information content (AvgIpc) is 2.92. The highest BCUT2D eigenvalue weighted by Gasteiger charge is 2.19. The monoisotopic (exact) mass is 409 g/mol. The molecule has 0 aliphatic rings. The molecule has 0 fully saturated rings. The first-order valence-corrected chi connectivity index (χ1v) is 9.88. The van der Waals surface area contributed by atoms with E-state index in [-0.39, 0.29) is 0 Å². The van der Waals surface area contributed by atoms with E-state index in [9.17, 15) is 0 Å². The molecule has 3 aromatic rings. The Hall–Kier alpha value is -1.42. The smallest absolute Gasteiger partial charge is 0.208 e. The minimum atomic E-state index is 0.471. The van der Waals surface area contributed by atoms with Crippen molar-refractivity contribution >= 4 is 57.5 Å². The minimum absolute atomic E-state index is 0.471. The number of nitrogens with one attached hydrogen (secondary N) is 1. The summed E-state index contributed by atoms with van der Waals surface area (Å²) in [7, 11) is 2.00. The summed E-state index contributed by atoms with van der Waals surface area (Å²) in [6, 6.07) is 7.66. The Bertz CT molecular complexity index is 936. The molecule has 0 atom stereocenters. The van der Waals surface area contributed by atoms with Crippen LogP contribution in [0.2, 0.25) is 15.1 Å². The number of fused-ring (bicyclic) bond motifs is 1. The minimum Gasteiger partial charge on any atom is -0.324 e. The fraction of sp³-hybridized carbons (Fsp3) is 0.350. The highest BCUT2D eigenvalue weighted by atomic mass is 35.5. The maximum atomic E-state index is 6.44. The van der Waals surface area contributed by atoms with Crippen LogP contribution in [0.15, 0.2) is 24.3 Å². The Kier molecular flexibility index (Phi) is 5.71. The Balaban J connectivity index is 2.16. The van der Waals surface area contributed by atoms with Gasteiger partial charge in [0.2, 0.25) is 5.95 Å². The summed E-state index contributed by atoms with van der Waals surface area (Å²) in [5, 5.41) is 5.18. The Morgan fingerprint density at radius 1 is 1.08 bits per heavy atom. The Labute approximate surface area is 169 Å². The van der Waals surface area contributed by atoms with Gasteiger partial charge in [0.15, 0.2) is 0 Å². The molecule has 0 spiro atoms. The van der Waals surface area contributed by atoms with Crippen molar-refractivity contribution < 1.29 is 0 Å². The van der Waals surface area contributed by atoms with E-state index < -0.39 is 0 Å².